The van der Waals surface area contributed by atoms with Crippen LogP contribution < -0.4 is 5.32 Å². The number of anilines is 1. The number of imidazole rings is 1. The molecule has 28 heavy (non-hydrogen) atoms. The van der Waals surface area contributed by atoms with Gasteiger partial charge in [0.1, 0.15) is 24.6 Å². The minimum atomic E-state index is -1.17. The highest BCUT2D eigenvalue weighted by Gasteiger charge is 2.44. The molecule has 2 aromatic rings. The van der Waals surface area contributed by atoms with Crippen LogP contribution >= 0.6 is 0 Å². The van der Waals surface area contributed by atoms with E-state index in [0.717, 1.165) is 0 Å². The molecule has 2 aliphatic carbocycles. The van der Waals surface area contributed by atoms with Crippen molar-refractivity contribution in [1.82, 2.24) is 19.5 Å². The van der Waals surface area contributed by atoms with Gasteiger partial charge in [0, 0.05) is 6.04 Å². The molecule has 152 valence electrons. The van der Waals surface area contributed by atoms with Crippen LogP contribution in [0.25, 0.3) is 11.2 Å². The lowest BCUT2D eigenvalue weighted by Gasteiger charge is -2.43. The van der Waals surface area contributed by atoms with Crippen LogP contribution in [0.5, 0.6) is 0 Å². The van der Waals surface area contributed by atoms with E-state index >= 15 is 0 Å². The Morgan fingerprint density at radius 2 is 1.79 bits per heavy atom. The Labute approximate surface area is 162 Å². The summed E-state index contributed by atoms with van der Waals surface area (Å²) in [5.74, 6) is 2.09. The second-order valence-corrected chi connectivity index (χ2v) is 8.33. The van der Waals surface area contributed by atoms with Crippen molar-refractivity contribution in [3.05, 3.63) is 12.7 Å². The Balaban J connectivity index is 1.44. The molecule has 0 bridgehead atoms. The third-order valence-electron chi connectivity index (χ3n) is 6.77. The first kappa shape index (κ1) is 18.2. The van der Waals surface area contributed by atoms with Crippen LogP contribution in [0.2, 0.25) is 0 Å². The summed E-state index contributed by atoms with van der Waals surface area (Å²) in [6.45, 7) is -0.367. The molecule has 9 nitrogen and oxygen atoms in total. The molecule has 3 fully saturated rings. The Kier molecular flexibility index (Phi) is 4.70. The van der Waals surface area contributed by atoms with Gasteiger partial charge in [-0.1, -0.05) is 12.8 Å². The second-order valence-electron chi connectivity index (χ2n) is 8.33. The number of aromatic nitrogens is 4. The molecule has 3 aliphatic rings. The SMILES string of the molecule is OC[C@H]1O[C@@H](n2cnc3c(NC(C4CCC4)C4CCC4)ncnc32)[C@H](O)[C@H]1O. The molecule has 9 heteroatoms. The van der Waals surface area contributed by atoms with E-state index in [4.69, 9.17) is 4.74 Å². The first-order valence-electron chi connectivity index (χ1n) is 10.2. The minimum Gasteiger partial charge on any atom is -0.394 e. The molecule has 1 saturated heterocycles. The third-order valence-corrected chi connectivity index (χ3v) is 6.77. The Morgan fingerprint density at radius 3 is 2.36 bits per heavy atom. The van der Waals surface area contributed by atoms with E-state index in [1.165, 1.54) is 44.9 Å². The van der Waals surface area contributed by atoms with Gasteiger partial charge in [0.15, 0.2) is 23.2 Å². The Bertz CT molecular complexity index is 823. The van der Waals surface area contributed by atoms with Gasteiger partial charge in [-0.2, -0.15) is 0 Å². The van der Waals surface area contributed by atoms with E-state index in [-0.39, 0.29) is 6.61 Å². The number of nitrogens with one attached hydrogen (secondary N) is 1. The summed E-state index contributed by atoms with van der Waals surface area (Å²) in [6, 6.07) is 0.416. The zero-order valence-corrected chi connectivity index (χ0v) is 15.7. The van der Waals surface area contributed by atoms with Crippen molar-refractivity contribution in [3.8, 4) is 0 Å². The Hall–Kier alpha value is -1.81. The van der Waals surface area contributed by atoms with E-state index in [0.29, 0.717) is 34.9 Å². The number of aliphatic hydroxyl groups is 3. The van der Waals surface area contributed by atoms with E-state index in [2.05, 4.69) is 20.3 Å². The van der Waals surface area contributed by atoms with Crippen LogP contribution in [0, 0.1) is 11.8 Å². The van der Waals surface area contributed by atoms with E-state index in [1.807, 2.05) is 0 Å². The molecule has 2 saturated carbocycles. The van der Waals surface area contributed by atoms with Crippen molar-refractivity contribution in [1.29, 1.82) is 0 Å². The zero-order valence-electron chi connectivity index (χ0n) is 15.7. The molecule has 3 heterocycles. The van der Waals surface area contributed by atoms with Crippen molar-refractivity contribution in [3.63, 3.8) is 0 Å². The van der Waals surface area contributed by atoms with Crippen molar-refractivity contribution in [2.24, 2.45) is 11.8 Å². The van der Waals surface area contributed by atoms with Gasteiger partial charge in [0.25, 0.3) is 0 Å². The van der Waals surface area contributed by atoms with Gasteiger partial charge >= 0.3 is 0 Å². The highest BCUT2D eigenvalue weighted by atomic mass is 16.6. The minimum absolute atomic E-state index is 0.367. The first-order valence-corrected chi connectivity index (χ1v) is 10.2. The van der Waals surface area contributed by atoms with E-state index in [1.54, 1.807) is 10.9 Å². The van der Waals surface area contributed by atoms with Crippen LogP contribution in [0.3, 0.4) is 0 Å². The molecule has 5 rings (SSSR count). The molecule has 0 radical (unpaired) electrons. The van der Waals surface area contributed by atoms with Crippen molar-refractivity contribution < 1.29 is 20.1 Å². The van der Waals surface area contributed by atoms with Gasteiger partial charge in [0.2, 0.25) is 0 Å². The topological polar surface area (TPSA) is 126 Å². The number of nitrogens with zero attached hydrogens (tertiary/aromatic N) is 4. The highest BCUT2D eigenvalue weighted by Crippen LogP contribution is 2.42. The summed E-state index contributed by atoms with van der Waals surface area (Å²) >= 11 is 0. The largest absolute Gasteiger partial charge is 0.394 e. The standard InChI is InChI=1S/C19H27N5O4/c25-7-12-15(26)16(27)19(28-12)24-9-22-14-17(20-8-21-18(14)24)23-13(10-3-1-4-10)11-5-2-6-11/h8-13,15-16,19,25-27H,1-7H2,(H,20,21,23)/t12-,15+,16-,19-/m1/s1. The molecular formula is C19H27N5O4. The second kappa shape index (κ2) is 7.22. The monoisotopic (exact) mass is 389 g/mol. The summed E-state index contributed by atoms with van der Waals surface area (Å²) in [7, 11) is 0. The molecule has 0 spiro atoms. The van der Waals surface area contributed by atoms with Crippen molar-refractivity contribution >= 4 is 17.0 Å². The van der Waals surface area contributed by atoms with Gasteiger partial charge in [-0.25, -0.2) is 15.0 Å². The number of aliphatic hydroxyl groups excluding tert-OH is 3. The van der Waals surface area contributed by atoms with Crippen LogP contribution in [-0.2, 0) is 4.74 Å². The van der Waals surface area contributed by atoms with E-state index < -0.39 is 24.5 Å². The average molecular weight is 389 g/mol. The summed E-state index contributed by atoms with van der Waals surface area (Å²) in [5.41, 5.74) is 1.16. The Morgan fingerprint density at radius 1 is 1.07 bits per heavy atom. The summed E-state index contributed by atoms with van der Waals surface area (Å²) < 4.78 is 7.23. The summed E-state index contributed by atoms with van der Waals surface area (Å²) in [5, 5.41) is 33.4. The quantitative estimate of drug-likeness (QED) is 0.572. The lowest BCUT2D eigenvalue weighted by Crippen LogP contribution is -2.42. The van der Waals surface area contributed by atoms with Crippen LogP contribution in [0.1, 0.15) is 44.8 Å². The molecule has 0 unspecified atom stereocenters. The van der Waals surface area contributed by atoms with Gasteiger partial charge < -0.3 is 25.4 Å². The molecule has 4 atom stereocenters. The maximum Gasteiger partial charge on any atom is 0.167 e. The van der Waals surface area contributed by atoms with Crippen molar-refractivity contribution in [2.75, 3.05) is 11.9 Å². The fraction of sp³-hybridized carbons (Fsp3) is 0.737. The summed E-state index contributed by atoms with van der Waals surface area (Å²) in [4.78, 5) is 13.3. The molecular weight excluding hydrogens is 362 g/mol. The smallest absolute Gasteiger partial charge is 0.167 e. The van der Waals surface area contributed by atoms with Crippen LogP contribution in [0.4, 0.5) is 5.82 Å². The number of hydrogen-bond acceptors (Lipinski definition) is 8. The fourth-order valence-corrected chi connectivity index (χ4v) is 4.63. The maximum atomic E-state index is 10.3. The van der Waals surface area contributed by atoms with Gasteiger partial charge in [-0.3, -0.25) is 4.57 Å². The lowest BCUT2D eigenvalue weighted by molar-refractivity contribution is -0.0511. The normalized spacial score (nSPS) is 31.3. The molecule has 4 N–H and O–H groups in total. The van der Waals surface area contributed by atoms with Gasteiger partial charge in [-0.05, 0) is 37.5 Å². The predicted octanol–water partition coefficient (Wildman–Crippen LogP) is 0.818. The number of ether oxygens (including phenoxy) is 1. The van der Waals surface area contributed by atoms with Gasteiger partial charge in [0.05, 0.1) is 12.9 Å². The predicted molar refractivity (Wildman–Crippen MR) is 100 cm³/mol. The molecule has 1 aliphatic heterocycles. The molecule has 0 aromatic carbocycles. The summed E-state index contributed by atoms with van der Waals surface area (Å²) in [6.07, 6.45) is 6.68. The van der Waals surface area contributed by atoms with Crippen LogP contribution in [-0.4, -0.2) is 65.8 Å². The molecule has 2 aromatic heterocycles. The van der Waals surface area contributed by atoms with Gasteiger partial charge in [-0.15, -0.1) is 0 Å². The fourth-order valence-electron chi connectivity index (χ4n) is 4.63. The number of fused-ring (bicyclic) bond motifs is 1. The van der Waals surface area contributed by atoms with E-state index in [9.17, 15) is 15.3 Å². The third kappa shape index (κ3) is 2.88. The molecule has 0 amide bonds. The zero-order chi connectivity index (χ0) is 19.3. The van der Waals surface area contributed by atoms with Crippen LogP contribution in [0.15, 0.2) is 12.7 Å². The highest BCUT2D eigenvalue weighted by molar-refractivity contribution is 5.82. The number of hydrogen-bond donors (Lipinski definition) is 4. The lowest BCUT2D eigenvalue weighted by atomic mass is 9.68. The first-order chi connectivity index (χ1) is 13.7. The van der Waals surface area contributed by atoms with Crippen molar-refractivity contribution in [2.45, 2.75) is 69.1 Å². The average Bonchev–Trinajstić information content (AvgIpc) is 3.14. The maximum absolute atomic E-state index is 10.3. The number of rotatable bonds is 6.